The van der Waals surface area contributed by atoms with E-state index in [-0.39, 0.29) is 6.20 Å². The zero-order valence-corrected chi connectivity index (χ0v) is 9.88. The maximum absolute atomic E-state index is 12.6. The third kappa shape index (κ3) is 2.82. The maximum atomic E-state index is 12.6. The summed E-state index contributed by atoms with van der Waals surface area (Å²) in [5.41, 5.74) is -3.83. The van der Waals surface area contributed by atoms with Crippen LogP contribution in [0.1, 0.15) is 28.0 Å². The molecule has 1 aromatic heterocycles. The highest BCUT2D eigenvalue weighted by Crippen LogP contribution is 2.38. The minimum Gasteiger partial charge on any atom is -0.478 e. The minimum atomic E-state index is -5.03. The van der Waals surface area contributed by atoms with Gasteiger partial charge in [0.25, 0.3) is 6.43 Å². The predicted octanol–water partition coefficient (Wildman–Crippen LogP) is 3.34. The van der Waals surface area contributed by atoms with Crippen molar-refractivity contribution in [2.45, 2.75) is 12.6 Å². The van der Waals surface area contributed by atoms with Crippen LogP contribution in [0, 0.1) is 3.57 Å². The van der Waals surface area contributed by atoms with E-state index in [4.69, 9.17) is 5.11 Å². The van der Waals surface area contributed by atoms with Gasteiger partial charge in [-0.05, 0) is 22.6 Å². The molecule has 1 rings (SSSR count). The molecule has 1 heterocycles. The number of pyridine rings is 1. The summed E-state index contributed by atoms with van der Waals surface area (Å²) < 4.78 is 61.5. The van der Waals surface area contributed by atoms with Gasteiger partial charge in [-0.15, -0.1) is 0 Å². The highest BCUT2D eigenvalue weighted by molar-refractivity contribution is 14.1. The van der Waals surface area contributed by atoms with E-state index in [1.54, 1.807) is 0 Å². The van der Waals surface area contributed by atoms with Gasteiger partial charge in [-0.1, -0.05) is 0 Å². The van der Waals surface area contributed by atoms with Gasteiger partial charge in [-0.3, -0.25) is 4.98 Å². The van der Waals surface area contributed by atoms with Crippen LogP contribution in [-0.2, 0) is 6.18 Å². The molecule has 0 amide bonds. The molecule has 1 N–H and O–H groups in total. The average Bonchev–Trinajstić information content (AvgIpc) is 2.14. The van der Waals surface area contributed by atoms with Crippen molar-refractivity contribution in [3.63, 3.8) is 0 Å². The molecule has 0 radical (unpaired) electrons. The van der Waals surface area contributed by atoms with Crippen molar-refractivity contribution in [1.29, 1.82) is 0 Å². The number of carboxylic acids is 1. The summed E-state index contributed by atoms with van der Waals surface area (Å²) in [6.07, 6.45) is -7.95. The molecule has 17 heavy (non-hydrogen) atoms. The Kier molecular flexibility index (Phi) is 3.89. The first-order valence-corrected chi connectivity index (χ1v) is 5.01. The molecule has 0 spiro atoms. The zero-order chi connectivity index (χ0) is 13.4. The number of rotatable bonds is 2. The number of hydrogen-bond donors (Lipinski definition) is 1. The standard InChI is InChI=1S/C8H3F5INO2/c9-6(10)5-4(14)3(8(11,12)13)2(1-15-5)7(16)17/h1,6H,(H,16,17). The largest absolute Gasteiger partial charge is 0.478 e. The monoisotopic (exact) mass is 367 g/mol. The van der Waals surface area contributed by atoms with Gasteiger partial charge in [0.1, 0.15) is 5.69 Å². The van der Waals surface area contributed by atoms with Crippen LogP contribution >= 0.6 is 22.6 Å². The van der Waals surface area contributed by atoms with E-state index >= 15 is 0 Å². The lowest BCUT2D eigenvalue weighted by Crippen LogP contribution is -2.17. The van der Waals surface area contributed by atoms with Gasteiger partial charge in [0.05, 0.1) is 14.7 Å². The van der Waals surface area contributed by atoms with Crippen molar-refractivity contribution in [3.8, 4) is 0 Å². The van der Waals surface area contributed by atoms with Gasteiger partial charge in [0.15, 0.2) is 0 Å². The average molecular weight is 367 g/mol. The first-order valence-electron chi connectivity index (χ1n) is 3.93. The van der Waals surface area contributed by atoms with E-state index in [0.717, 1.165) is 22.6 Å². The maximum Gasteiger partial charge on any atom is 0.418 e. The van der Waals surface area contributed by atoms with E-state index in [9.17, 15) is 26.7 Å². The summed E-state index contributed by atoms with van der Waals surface area (Å²) in [5.74, 6) is -1.87. The summed E-state index contributed by atoms with van der Waals surface area (Å²) >= 11 is 1.01. The molecule has 3 nitrogen and oxygen atoms in total. The smallest absolute Gasteiger partial charge is 0.418 e. The Morgan fingerprint density at radius 1 is 1.41 bits per heavy atom. The number of nitrogens with zero attached hydrogens (tertiary/aromatic N) is 1. The van der Waals surface area contributed by atoms with Gasteiger partial charge in [0, 0.05) is 6.20 Å². The summed E-state index contributed by atoms with van der Waals surface area (Å²) in [6.45, 7) is 0. The van der Waals surface area contributed by atoms with Gasteiger partial charge in [0.2, 0.25) is 0 Å². The van der Waals surface area contributed by atoms with Crippen molar-refractivity contribution in [3.05, 3.63) is 26.6 Å². The Balaban J connectivity index is 3.60. The van der Waals surface area contributed by atoms with Crippen molar-refractivity contribution in [1.82, 2.24) is 4.98 Å². The molecule has 0 aliphatic carbocycles. The fourth-order valence-electron chi connectivity index (χ4n) is 1.09. The Labute approximate surface area is 105 Å². The number of hydrogen-bond acceptors (Lipinski definition) is 2. The summed E-state index contributed by atoms with van der Waals surface area (Å²) in [7, 11) is 0. The second kappa shape index (κ2) is 4.70. The molecule has 0 unspecified atom stereocenters. The molecule has 0 bridgehead atoms. The van der Waals surface area contributed by atoms with E-state index in [1.165, 1.54) is 0 Å². The normalized spacial score (nSPS) is 11.9. The Hall–Kier alpha value is -1.00. The Morgan fingerprint density at radius 3 is 2.29 bits per heavy atom. The lowest BCUT2D eigenvalue weighted by atomic mass is 10.1. The third-order valence-electron chi connectivity index (χ3n) is 1.77. The van der Waals surface area contributed by atoms with E-state index in [2.05, 4.69) is 4.98 Å². The zero-order valence-electron chi connectivity index (χ0n) is 7.73. The van der Waals surface area contributed by atoms with Crippen molar-refractivity contribution >= 4 is 28.6 Å². The molecule has 9 heteroatoms. The molecule has 0 aromatic carbocycles. The first kappa shape index (κ1) is 14.1. The number of aromatic nitrogens is 1. The third-order valence-corrected chi connectivity index (χ3v) is 2.86. The van der Waals surface area contributed by atoms with Crippen molar-refractivity contribution in [2.75, 3.05) is 0 Å². The lowest BCUT2D eigenvalue weighted by Gasteiger charge is -2.14. The summed E-state index contributed by atoms with van der Waals surface area (Å²) in [5, 5.41) is 8.55. The molecule has 0 atom stereocenters. The molecular weight excluding hydrogens is 364 g/mol. The topological polar surface area (TPSA) is 50.2 Å². The van der Waals surface area contributed by atoms with E-state index in [1.807, 2.05) is 0 Å². The van der Waals surface area contributed by atoms with Crippen LogP contribution in [0.25, 0.3) is 0 Å². The minimum absolute atomic E-state index is 0.287. The van der Waals surface area contributed by atoms with Crippen LogP contribution in [0.4, 0.5) is 22.0 Å². The molecule has 0 aliphatic rings. The lowest BCUT2D eigenvalue weighted by molar-refractivity contribution is -0.139. The van der Waals surface area contributed by atoms with Gasteiger partial charge < -0.3 is 5.11 Å². The molecule has 1 aromatic rings. The van der Waals surface area contributed by atoms with E-state index in [0.29, 0.717) is 0 Å². The number of halogens is 6. The highest BCUT2D eigenvalue weighted by atomic mass is 127. The second-order valence-corrected chi connectivity index (χ2v) is 3.93. The first-order chi connectivity index (χ1) is 7.66. The van der Waals surface area contributed by atoms with Gasteiger partial charge >= 0.3 is 12.1 Å². The fraction of sp³-hybridized carbons (Fsp3) is 0.250. The molecular formula is C8H3F5INO2. The fourth-order valence-corrected chi connectivity index (χ4v) is 2.06. The number of carbonyl (C=O) groups is 1. The van der Waals surface area contributed by atoms with Crippen LogP contribution in [0.15, 0.2) is 6.20 Å². The van der Waals surface area contributed by atoms with Crippen LogP contribution < -0.4 is 0 Å². The van der Waals surface area contributed by atoms with Crippen molar-refractivity contribution in [2.24, 2.45) is 0 Å². The van der Waals surface area contributed by atoms with Crippen LogP contribution in [0.3, 0.4) is 0 Å². The van der Waals surface area contributed by atoms with Crippen LogP contribution in [0.5, 0.6) is 0 Å². The SMILES string of the molecule is O=C(O)c1cnc(C(F)F)c(I)c1C(F)(F)F. The van der Waals surface area contributed by atoms with Gasteiger partial charge in [-0.25, -0.2) is 13.6 Å². The number of carboxylic acid groups (broad SMARTS) is 1. The van der Waals surface area contributed by atoms with Crippen molar-refractivity contribution < 1.29 is 31.9 Å². The Morgan fingerprint density at radius 2 is 1.94 bits per heavy atom. The molecule has 0 saturated heterocycles. The number of aromatic carboxylic acids is 1. The molecule has 0 aliphatic heterocycles. The summed E-state index contributed by atoms with van der Waals surface area (Å²) in [6, 6.07) is 0. The molecule has 0 fully saturated rings. The highest BCUT2D eigenvalue weighted by Gasteiger charge is 2.40. The van der Waals surface area contributed by atoms with E-state index < -0.39 is 39.0 Å². The van der Waals surface area contributed by atoms with Crippen LogP contribution in [0.2, 0.25) is 0 Å². The molecule has 0 saturated carbocycles. The van der Waals surface area contributed by atoms with Crippen LogP contribution in [-0.4, -0.2) is 16.1 Å². The number of alkyl halides is 5. The Bertz CT molecular complexity index is 460. The predicted molar refractivity (Wildman–Crippen MR) is 53.9 cm³/mol. The summed E-state index contributed by atoms with van der Waals surface area (Å²) in [4.78, 5) is 13.6. The van der Waals surface area contributed by atoms with Gasteiger partial charge in [-0.2, -0.15) is 13.2 Å². The molecule has 94 valence electrons. The second-order valence-electron chi connectivity index (χ2n) is 2.85. The quantitative estimate of drug-likeness (QED) is 0.645.